The molecule has 0 fully saturated rings. The molecule has 0 aliphatic rings. The fraction of sp³-hybridized carbons (Fsp3) is 0.167. The molecule has 20 heavy (non-hydrogen) atoms. The molecule has 4 nitrogen and oxygen atoms in total. The third-order valence-electron chi connectivity index (χ3n) is 2.25. The molecule has 2 rings (SSSR count). The Labute approximate surface area is 117 Å². The molecule has 1 aromatic heterocycles. The number of alkyl halides is 3. The minimum atomic E-state index is -4.68. The number of benzene rings is 1. The number of nitrogens with two attached hydrogens (primary N) is 1. The van der Waals surface area contributed by atoms with E-state index >= 15 is 0 Å². The van der Waals surface area contributed by atoms with Crippen LogP contribution in [-0.2, 0) is 12.8 Å². The van der Waals surface area contributed by atoms with Crippen LogP contribution in [0.15, 0.2) is 30.3 Å². The first-order valence-electron chi connectivity index (χ1n) is 5.43. The third-order valence-corrected chi connectivity index (χ3v) is 2.49. The van der Waals surface area contributed by atoms with Crippen molar-refractivity contribution < 1.29 is 17.9 Å². The second-order valence-electron chi connectivity index (χ2n) is 3.87. The minimum Gasteiger partial charge on any atom is -0.473 e. The molecule has 1 aromatic carbocycles. The van der Waals surface area contributed by atoms with Crippen LogP contribution in [0.5, 0.6) is 5.88 Å². The standard InChI is InChI=1S/C12H9ClF3N3O/c13-8-3-1-2-7(4-8)6-20-10-5-9(17)18-11(19-10)12(14,15)16/h1-5H,6H2,(H2,17,18,19). The number of nitrogen functional groups attached to an aromatic ring is 1. The molecule has 0 saturated heterocycles. The Hall–Kier alpha value is -2.02. The molecule has 0 radical (unpaired) electrons. The normalized spacial score (nSPS) is 11.4. The summed E-state index contributed by atoms with van der Waals surface area (Å²) in [6.07, 6.45) is -4.68. The molecule has 0 amide bonds. The number of anilines is 1. The summed E-state index contributed by atoms with van der Waals surface area (Å²) in [4.78, 5) is 6.39. The van der Waals surface area contributed by atoms with E-state index < -0.39 is 12.0 Å². The third kappa shape index (κ3) is 3.74. The maximum absolute atomic E-state index is 12.5. The van der Waals surface area contributed by atoms with Gasteiger partial charge in [-0.25, -0.2) is 4.98 Å². The Balaban J connectivity index is 2.16. The molecule has 0 spiro atoms. The summed E-state index contributed by atoms with van der Waals surface area (Å²) < 4.78 is 42.7. The first-order chi connectivity index (χ1) is 9.34. The van der Waals surface area contributed by atoms with Crippen LogP contribution in [0.2, 0.25) is 5.02 Å². The van der Waals surface area contributed by atoms with Crippen LogP contribution < -0.4 is 10.5 Å². The summed E-state index contributed by atoms with van der Waals surface area (Å²) in [5, 5.41) is 0.504. The van der Waals surface area contributed by atoms with E-state index in [0.717, 1.165) is 6.07 Å². The van der Waals surface area contributed by atoms with Gasteiger partial charge in [0, 0.05) is 11.1 Å². The summed E-state index contributed by atoms with van der Waals surface area (Å²) in [5.41, 5.74) is 5.99. The molecule has 8 heteroatoms. The highest BCUT2D eigenvalue weighted by Crippen LogP contribution is 2.28. The average molecular weight is 304 g/mol. The van der Waals surface area contributed by atoms with E-state index in [1.807, 2.05) is 0 Å². The van der Waals surface area contributed by atoms with Crippen molar-refractivity contribution in [2.45, 2.75) is 12.8 Å². The highest BCUT2D eigenvalue weighted by molar-refractivity contribution is 6.30. The molecule has 0 unspecified atom stereocenters. The predicted octanol–water partition coefficient (Wildman–Crippen LogP) is 3.31. The van der Waals surface area contributed by atoms with Crippen molar-refractivity contribution in [3.8, 4) is 5.88 Å². The highest BCUT2D eigenvalue weighted by atomic mass is 35.5. The van der Waals surface area contributed by atoms with Crippen molar-refractivity contribution in [2.24, 2.45) is 0 Å². The molecule has 0 aliphatic carbocycles. The van der Waals surface area contributed by atoms with E-state index in [4.69, 9.17) is 22.1 Å². The molecule has 2 N–H and O–H groups in total. The van der Waals surface area contributed by atoms with Crippen molar-refractivity contribution in [2.75, 3.05) is 5.73 Å². The Morgan fingerprint density at radius 3 is 2.60 bits per heavy atom. The van der Waals surface area contributed by atoms with Gasteiger partial charge in [-0.3, -0.25) is 0 Å². The van der Waals surface area contributed by atoms with Crippen molar-refractivity contribution in [1.82, 2.24) is 9.97 Å². The summed E-state index contributed by atoms with van der Waals surface area (Å²) in [6, 6.07) is 7.86. The van der Waals surface area contributed by atoms with Gasteiger partial charge >= 0.3 is 6.18 Å². The maximum Gasteiger partial charge on any atom is 0.451 e. The van der Waals surface area contributed by atoms with Crippen molar-refractivity contribution >= 4 is 17.4 Å². The number of nitrogens with zero attached hydrogens (tertiary/aromatic N) is 2. The topological polar surface area (TPSA) is 61.0 Å². The van der Waals surface area contributed by atoms with E-state index in [1.165, 1.54) is 0 Å². The summed E-state index contributed by atoms with van der Waals surface area (Å²) in [6.45, 7) is 0.0221. The zero-order chi connectivity index (χ0) is 14.8. The van der Waals surface area contributed by atoms with Gasteiger partial charge in [-0.2, -0.15) is 18.2 Å². The van der Waals surface area contributed by atoms with Crippen LogP contribution in [0.1, 0.15) is 11.4 Å². The molecular weight excluding hydrogens is 295 g/mol. The fourth-order valence-electron chi connectivity index (χ4n) is 1.43. The van der Waals surface area contributed by atoms with Crippen molar-refractivity contribution in [1.29, 1.82) is 0 Å². The lowest BCUT2D eigenvalue weighted by molar-refractivity contribution is -0.145. The number of hydrogen-bond acceptors (Lipinski definition) is 4. The van der Waals surface area contributed by atoms with Gasteiger partial charge in [-0.15, -0.1) is 0 Å². The van der Waals surface area contributed by atoms with Crippen LogP contribution in [0.4, 0.5) is 19.0 Å². The Kier molecular flexibility index (Phi) is 3.99. The van der Waals surface area contributed by atoms with Gasteiger partial charge in [0.2, 0.25) is 11.7 Å². The first-order valence-corrected chi connectivity index (χ1v) is 5.81. The smallest absolute Gasteiger partial charge is 0.451 e. The molecule has 0 aliphatic heterocycles. The predicted molar refractivity (Wildman–Crippen MR) is 67.2 cm³/mol. The number of aromatic nitrogens is 2. The quantitative estimate of drug-likeness (QED) is 0.945. The molecule has 1 heterocycles. The molecule has 0 saturated carbocycles. The SMILES string of the molecule is Nc1cc(OCc2cccc(Cl)c2)nc(C(F)(F)F)n1. The largest absolute Gasteiger partial charge is 0.473 e. The molecular formula is C12H9ClF3N3O. The zero-order valence-electron chi connectivity index (χ0n) is 9.99. The monoisotopic (exact) mass is 303 g/mol. The van der Waals surface area contributed by atoms with Gasteiger partial charge in [-0.1, -0.05) is 23.7 Å². The van der Waals surface area contributed by atoms with Gasteiger partial charge in [0.15, 0.2) is 0 Å². The van der Waals surface area contributed by atoms with Gasteiger partial charge in [0.1, 0.15) is 12.4 Å². The Morgan fingerprint density at radius 1 is 1.20 bits per heavy atom. The molecule has 0 bridgehead atoms. The van der Waals surface area contributed by atoms with Crippen LogP contribution in [0.3, 0.4) is 0 Å². The fourth-order valence-corrected chi connectivity index (χ4v) is 1.64. The number of halogens is 4. The van der Waals surface area contributed by atoms with E-state index in [0.29, 0.717) is 10.6 Å². The number of rotatable bonds is 3. The zero-order valence-corrected chi connectivity index (χ0v) is 10.7. The summed E-state index contributed by atoms with van der Waals surface area (Å²) in [5.74, 6) is -1.89. The van der Waals surface area contributed by atoms with Gasteiger partial charge in [-0.05, 0) is 17.7 Å². The van der Waals surface area contributed by atoms with Crippen molar-refractivity contribution in [3.63, 3.8) is 0 Å². The van der Waals surface area contributed by atoms with Crippen LogP contribution in [0.25, 0.3) is 0 Å². The summed E-state index contributed by atoms with van der Waals surface area (Å²) in [7, 11) is 0. The van der Waals surface area contributed by atoms with E-state index in [-0.39, 0.29) is 18.3 Å². The number of ether oxygens (including phenoxy) is 1. The van der Waals surface area contributed by atoms with Crippen LogP contribution >= 0.6 is 11.6 Å². The maximum atomic E-state index is 12.5. The number of hydrogen-bond donors (Lipinski definition) is 1. The van der Waals surface area contributed by atoms with Crippen LogP contribution in [0, 0.1) is 0 Å². The van der Waals surface area contributed by atoms with Gasteiger partial charge in [0.25, 0.3) is 0 Å². The van der Waals surface area contributed by atoms with Gasteiger partial charge in [0.05, 0.1) is 0 Å². The average Bonchev–Trinajstić information content (AvgIpc) is 2.35. The highest BCUT2D eigenvalue weighted by Gasteiger charge is 2.35. The van der Waals surface area contributed by atoms with E-state index in [9.17, 15) is 13.2 Å². The lowest BCUT2D eigenvalue weighted by Gasteiger charge is -2.09. The lowest BCUT2D eigenvalue weighted by Crippen LogP contribution is -2.13. The van der Waals surface area contributed by atoms with Gasteiger partial charge < -0.3 is 10.5 Å². The lowest BCUT2D eigenvalue weighted by atomic mass is 10.2. The second-order valence-corrected chi connectivity index (χ2v) is 4.31. The van der Waals surface area contributed by atoms with Crippen molar-refractivity contribution in [3.05, 3.63) is 46.7 Å². The molecule has 106 valence electrons. The van der Waals surface area contributed by atoms with E-state index in [2.05, 4.69) is 9.97 Å². The summed E-state index contributed by atoms with van der Waals surface area (Å²) >= 11 is 5.79. The Morgan fingerprint density at radius 2 is 1.95 bits per heavy atom. The Bertz CT molecular complexity index is 619. The first kappa shape index (κ1) is 14.4. The molecule has 2 aromatic rings. The van der Waals surface area contributed by atoms with E-state index in [1.54, 1.807) is 24.3 Å². The second kappa shape index (κ2) is 5.54. The minimum absolute atomic E-state index is 0.0221. The van der Waals surface area contributed by atoms with Crippen LogP contribution in [-0.4, -0.2) is 9.97 Å². The molecule has 0 atom stereocenters.